The van der Waals surface area contributed by atoms with E-state index in [-0.39, 0.29) is 33.9 Å². The van der Waals surface area contributed by atoms with Crippen LogP contribution in [0.3, 0.4) is 0 Å². The lowest BCUT2D eigenvalue weighted by molar-refractivity contribution is -0.385. The molecule has 0 spiro atoms. The third-order valence-electron chi connectivity index (χ3n) is 4.17. The second-order valence-corrected chi connectivity index (χ2v) is 5.82. The summed E-state index contributed by atoms with van der Waals surface area (Å²) in [5, 5.41) is 11.8. The van der Waals surface area contributed by atoms with Gasteiger partial charge in [0.1, 0.15) is 11.3 Å². The largest absolute Gasteiger partial charge is 0.452 e. The Morgan fingerprint density at radius 1 is 1.12 bits per heavy atom. The van der Waals surface area contributed by atoms with Gasteiger partial charge in [-0.3, -0.25) is 14.9 Å². The van der Waals surface area contributed by atoms with Gasteiger partial charge < -0.3 is 9.15 Å². The van der Waals surface area contributed by atoms with E-state index in [2.05, 4.69) is 0 Å². The lowest BCUT2D eigenvalue weighted by atomic mass is 10.0. The van der Waals surface area contributed by atoms with Gasteiger partial charge in [-0.15, -0.1) is 0 Å². The van der Waals surface area contributed by atoms with Crippen molar-refractivity contribution in [1.82, 2.24) is 0 Å². The first kappa shape index (κ1) is 15.8. The molecule has 0 saturated carbocycles. The maximum Gasteiger partial charge on any atom is 0.336 e. The molecule has 0 amide bonds. The number of ketones is 1. The monoisotopic (exact) mass is 349 g/mol. The Kier molecular flexibility index (Phi) is 3.43. The van der Waals surface area contributed by atoms with Crippen molar-refractivity contribution >= 4 is 28.5 Å². The van der Waals surface area contributed by atoms with E-state index in [4.69, 9.17) is 9.15 Å². The summed E-state index contributed by atoms with van der Waals surface area (Å²) >= 11 is 0. The first-order valence-corrected chi connectivity index (χ1v) is 7.71. The van der Waals surface area contributed by atoms with Crippen LogP contribution in [0.15, 0.2) is 57.4 Å². The van der Waals surface area contributed by atoms with Gasteiger partial charge in [-0.2, -0.15) is 0 Å². The summed E-state index contributed by atoms with van der Waals surface area (Å²) in [5.41, 5.74) is 0.530. The Hall–Kier alpha value is -3.74. The van der Waals surface area contributed by atoms with Gasteiger partial charge >= 0.3 is 5.63 Å². The van der Waals surface area contributed by atoms with E-state index in [1.807, 2.05) is 0 Å². The van der Waals surface area contributed by atoms with Gasteiger partial charge in [-0.25, -0.2) is 4.79 Å². The number of fused-ring (bicyclic) bond motifs is 3. The highest BCUT2D eigenvalue weighted by atomic mass is 16.6. The molecule has 26 heavy (non-hydrogen) atoms. The number of nitro groups is 1. The normalized spacial score (nSPS) is 14.5. The highest BCUT2D eigenvalue weighted by molar-refractivity contribution is 6.20. The van der Waals surface area contributed by atoms with E-state index in [9.17, 15) is 19.7 Å². The fourth-order valence-electron chi connectivity index (χ4n) is 2.97. The highest BCUT2D eigenvalue weighted by Crippen LogP contribution is 2.38. The van der Waals surface area contributed by atoms with Crippen LogP contribution in [0.1, 0.15) is 21.5 Å². The van der Waals surface area contributed by atoms with E-state index in [0.29, 0.717) is 10.9 Å². The Labute approximate surface area is 146 Å². The van der Waals surface area contributed by atoms with Crippen molar-refractivity contribution in [3.8, 4) is 5.75 Å². The number of nitro benzene ring substituents is 1. The molecule has 0 bridgehead atoms. The molecular formula is C19H11NO6. The molecule has 4 rings (SSSR count). The fraction of sp³-hybridized carbons (Fsp3) is 0.0526. The number of carbonyl (C=O) groups excluding carboxylic acids is 1. The zero-order chi connectivity index (χ0) is 18.4. The van der Waals surface area contributed by atoms with E-state index in [1.165, 1.54) is 30.3 Å². The van der Waals surface area contributed by atoms with E-state index in [1.54, 1.807) is 25.1 Å². The van der Waals surface area contributed by atoms with Crippen LogP contribution >= 0.6 is 0 Å². The first-order valence-electron chi connectivity index (χ1n) is 7.71. The van der Waals surface area contributed by atoms with Crippen molar-refractivity contribution in [2.24, 2.45) is 0 Å². The maximum atomic E-state index is 12.8. The van der Waals surface area contributed by atoms with Crippen LogP contribution in [0.25, 0.3) is 17.0 Å². The molecule has 2 aromatic carbocycles. The summed E-state index contributed by atoms with van der Waals surface area (Å²) < 4.78 is 10.8. The summed E-state index contributed by atoms with van der Waals surface area (Å²) in [6.07, 6.45) is 1.32. The van der Waals surface area contributed by atoms with E-state index < -0.39 is 16.3 Å². The predicted octanol–water partition coefficient (Wildman–Crippen LogP) is 3.63. The summed E-state index contributed by atoms with van der Waals surface area (Å²) in [5.74, 6) is -0.301. The molecular weight excluding hydrogens is 338 g/mol. The van der Waals surface area contributed by atoms with Crippen molar-refractivity contribution in [2.45, 2.75) is 6.92 Å². The Balaban J connectivity index is 1.89. The zero-order valence-electron chi connectivity index (χ0n) is 13.5. The minimum Gasteiger partial charge on any atom is -0.452 e. The second-order valence-electron chi connectivity index (χ2n) is 5.82. The minimum absolute atomic E-state index is 0.0639. The number of benzene rings is 2. The third-order valence-corrected chi connectivity index (χ3v) is 4.17. The summed E-state index contributed by atoms with van der Waals surface area (Å²) in [6, 6.07) is 10.7. The number of nitrogens with zero attached hydrogens (tertiary/aromatic N) is 1. The molecule has 7 heteroatoms. The predicted molar refractivity (Wildman–Crippen MR) is 93.3 cm³/mol. The number of hydrogen-bond acceptors (Lipinski definition) is 6. The van der Waals surface area contributed by atoms with E-state index >= 15 is 0 Å². The minimum atomic E-state index is -0.563. The number of allylic oxidation sites excluding steroid dienone is 1. The molecule has 0 fully saturated rings. The number of ether oxygens (including phenoxy) is 1. The van der Waals surface area contributed by atoms with Crippen molar-refractivity contribution in [2.75, 3.05) is 0 Å². The third kappa shape index (κ3) is 2.37. The Bertz CT molecular complexity index is 1190. The summed E-state index contributed by atoms with van der Waals surface area (Å²) in [6.45, 7) is 1.75. The van der Waals surface area contributed by atoms with Gasteiger partial charge in [0, 0.05) is 17.5 Å². The Morgan fingerprint density at radius 2 is 1.88 bits per heavy atom. The average Bonchev–Trinajstić information content (AvgIpc) is 2.91. The van der Waals surface area contributed by atoms with Crippen molar-refractivity contribution in [3.05, 3.63) is 85.4 Å². The fourth-order valence-corrected chi connectivity index (χ4v) is 2.97. The smallest absolute Gasteiger partial charge is 0.336 e. The number of rotatable bonds is 2. The summed E-state index contributed by atoms with van der Waals surface area (Å²) in [4.78, 5) is 35.1. The second kappa shape index (κ2) is 5.66. The molecule has 128 valence electrons. The van der Waals surface area contributed by atoms with Gasteiger partial charge in [0.15, 0.2) is 11.3 Å². The van der Waals surface area contributed by atoms with Gasteiger partial charge in [-0.05, 0) is 36.8 Å². The van der Waals surface area contributed by atoms with Gasteiger partial charge in [0.25, 0.3) is 5.69 Å². The van der Waals surface area contributed by atoms with Crippen molar-refractivity contribution in [3.63, 3.8) is 0 Å². The molecule has 0 unspecified atom stereocenters. The molecule has 0 saturated heterocycles. The number of Topliss-reactive ketones (excluding diaryl/α,β-unsaturated/α-hetero) is 1. The maximum absolute atomic E-state index is 12.8. The standard InChI is InChI=1S/C19H11NO6/c1-10-8-16(21)26-19-12(10)6-7-14-17(19)18(22)15(25-14)9-11-4-2-3-5-13(11)20(23)24/h2-9H,1H3. The Morgan fingerprint density at radius 3 is 2.65 bits per heavy atom. The van der Waals surface area contributed by atoms with Crippen LogP contribution < -0.4 is 10.4 Å². The molecule has 0 atom stereocenters. The summed E-state index contributed by atoms with van der Waals surface area (Å²) in [7, 11) is 0. The number of carbonyl (C=O) groups is 1. The van der Waals surface area contributed by atoms with Crippen LogP contribution in [0.2, 0.25) is 0 Å². The topological polar surface area (TPSA) is 99.7 Å². The first-order chi connectivity index (χ1) is 12.5. The van der Waals surface area contributed by atoms with Gasteiger partial charge in [0.05, 0.1) is 10.5 Å². The van der Waals surface area contributed by atoms with Crippen LogP contribution in [0.5, 0.6) is 5.75 Å². The van der Waals surface area contributed by atoms with Crippen LogP contribution in [0, 0.1) is 17.0 Å². The van der Waals surface area contributed by atoms with Crippen LogP contribution in [0.4, 0.5) is 5.69 Å². The molecule has 0 N–H and O–H groups in total. The van der Waals surface area contributed by atoms with E-state index in [0.717, 1.165) is 0 Å². The lowest BCUT2D eigenvalue weighted by Crippen LogP contribution is -2.03. The molecule has 1 aliphatic rings. The number of aryl methyl sites for hydroxylation is 1. The molecule has 1 aliphatic heterocycles. The van der Waals surface area contributed by atoms with Crippen LogP contribution in [-0.4, -0.2) is 10.7 Å². The lowest BCUT2D eigenvalue weighted by Gasteiger charge is -2.02. The molecule has 1 aromatic heterocycles. The van der Waals surface area contributed by atoms with Crippen molar-refractivity contribution in [1.29, 1.82) is 0 Å². The highest BCUT2D eigenvalue weighted by Gasteiger charge is 2.32. The average molecular weight is 349 g/mol. The quantitative estimate of drug-likeness (QED) is 0.303. The molecule has 2 heterocycles. The van der Waals surface area contributed by atoms with Crippen molar-refractivity contribution < 1.29 is 18.9 Å². The molecule has 0 aliphatic carbocycles. The number of hydrogen-bond donors (Lipinski definition) is 0. The molecule has 7 nitrogen and oxygen atoms in total. The van der Waals surface area contributed by atoms with Gasteiger partial charge in [0.2, 0.25) is 5.78 Å². The van der Waals surface area contributed by atoms with Crippen LogP contribution in [-0.2, 0) is 0 Å². The number of para-hydroxylation sites is 1. The molecule has 0 radical (unpaired) electrons. The SMILES string of the molecule is Cc1cc(=O)oc2c3c(ccc12)OC(=Cc1ccccc1[N+](=O)[O-])C3=O. The molecule has 3 aromatic rings. The zero-order valence-corrected chi connectivity index (χ0v) is 13.5. The van der Waals surface area contributed by atoms with Gasteiger partial charge in [-0.1, -0.05) is 12.1 Å².